The fraction of sp³-hybridized carbons (Fsp3) is 0.933. The summed E-state index contributed by atoms with van der Waals surface area (Å²) >= 11 is 0. The first-order valence-corrected chi connectivity index (χ1v) is 7.82. The van der Waals surface area contributed by atoms with E-state index in [1.54, 1.807) is 0 Å². The molecule has 3 nitrogen and oxygen atoms in total. The normalized spacial score (nSPS) is 37.9. The summed E-state index contributed by atoms with van der Waals surface area (Å²) in [6.45, 7) is 3.32. The summed E-state index contributed by atoms with van der Waals surface area (Å²) in [4.78, 5) is 14.7. The Labute approximate surface area is 110 Å². The lowest BCUT2D eigenvalue weighted by Gasteiger charge is -2.32. The van der Waals surface area contributed by atoms with E-state index in [0.29, 0.717) is 23.9 Å². The van der Waals surface area contributed by atoms with Gasteiger partial charge in [0.05, 0.1) is 6.04 Å². The minimum atomic E-state index is 0.132. The molecule has 0 aromatic rings. The summed E-state index contributed by atoms with van der Waals surface area (Å²) in [5.74, 6) is 1.08. The van der Waals surface area contributed by atoms with Gasteiger partial charge in [-0.1, -0.05) is 26.2 Å². The molecular formula is C15H26N2O. The van der Waals surface area contributed by atoms with Gasteiger partial charge < -0.3 is 10.2 Å². The van der Waals surface area contributed by atoms with Crippen molar-refractivity contribution < 1.29 is 4.79 Å². The lowest BCUT2D eigenvalue weighted by molar-refractivity contribution is -0.132. The summed E-state index contributed by atoms with van der Waals surface area (Å²) in [6, 6.07) is 1.30. The van der Waals surface area contributed by atoms with Gasteiger partial charge in [-0.25, -0.2) is 0 Å². The van der Waals surface area contributed by atoms with E-state index in [-0.39, 0.29) is 6.04 Å². The maximum absolute atomic E-state index is 12.5. The van der Waals surface area contributed by atoms with Crippen molar-refractivity contribution in [1.29, 1.82) is 0 Å². The Morgan fingerprint density at radius 3 is 2.61 bits per heavy atom. The molecular weight excluding hydrogens is 224 g/mol. The first-order valence-electron chi connectivity index (χ1n) is 7.82. The van der Waals surface area contributed by atoms with Crippen molar-refractivity contribution in [1.82, 2.24) is 10.2 Å². The van der Waals surface area contributed by atoms with E-state index < -0.39 is 0 Å². The van der Waals surface area contributed by atoms with Gasteiger partial charge in [0.25, 0.3) is 0 Å². The van der Waals surface area contributed by atoms with Crippen LogP contribution >= 0.6 is 0 Å². The summed E-state index contributed by atoms with van der Waals surface area (Å²) in [7, 11) is 0. The quantitative estimate of drug-likeness (QED) is 0.780. The number of carbonyl (C=O) groups is 1. The molecule has 3 aliphatic rings. The van der Waals surface area contributed by atoms with Crippen molar-refractivity contribution in [3.63, 3.8) is 0 Å². The third-order valence-electron chi connectivity index (χ3n) is 4.97. The van der Waals surface area contributed by atoms with Crippen LogP contribution in [0.4, 0.5) is 0 Å². The lowest BCUT2D eigenvalue weighted by Crippen LogP contribution is -2.45. The standard InChI is InChI=1S/C15H26N2O/c1-11-5-3-2-4-6-14(11)17-10-9-13(15(17)18)16-12-7-8-12/h11-14,16H,2-10H2,1H3. The first-order chi connectivity index (χ1) is 8.75. The maximum atomic E-state index is 12.5. The van der Waals surface area contributed by atoms with Gasteiger partial charge >= 0.3 is 0 Å². The number of hydrogen-bond donors (Lipinski definition) is 1. The van der Waals surface area contributed by atoms with Crippen LogP contribution in [0.25, 0.3) is 0 Å². The highest BCUT2D eigenvalue weighted by molar-refractivity contribution is 5.84. The van der Waals surface area contributed by atoms with E-state index in [0.717, 1.165) is 13.0 Å². The molecule has 102 valence electrons. The molecule has 18 heavy (non-hydrogen) atoms. The molecule has 0 aromatic heterocycles. The molecule has 3 atom stereocenters. The average Bonchev–Trinajstić information content (AvgIpc) is 3.12. The summed E-state index contributed by atoms with van der Waals surface area (Å²) < 4.78 is 0. The summed E-state index contributed by atoms with van der Waals surface area (Å²) in [5.41, 5.74) is 0. The highest BCUT2D eigenvalue weighted by atomic mass is 16.2. The van der Waals surface area contributed by atoms with E-state index in [1.807, 2.05) is 0 Å². The number of nitrogens with one attached hydrogen (secondary N) is 1. The zero-order chi connectivity index (χ0) is 12.5. The largest absolute Gasteiger partial charge is 0.338 e. The van der Waals surface area contributed by atoms with Gasteiger partial charge in [0, 0.05) is 18.6 Å². The van der Waals surface area contributed by atoms with Crippen molar-refractivity contribution in [3.05, 3.63) is 0 Å². The van der Waals surface area contributed by atoms with Crippen LogP contribution in [0, 0.1) is 5.92 Å². The molecule has 0 spiro atoms. The Morgan fingerprint density at radius 2 is 1.83 bits per heavy atom. The molecule has 3 heteroatoms. The van der Waals surface area contributed by atoms with Gasteiger partial charge in [0.15, 0.2) is 0 Å². The molecule has 1 N–H and O–H groups in total. The van der Waals surface area contributed by atoms with Gasteiger partial charge in [-0.15, -0.1) is 0 Å². The molecule has 3 rings (SSSR count). The van der Waals surface area contributed by atoms with Crippen LogP contribution in [0.1, 0.15) is 58.3 Å². The second-order valence-corrected chi connectivity index (χ2v) is 6.50. The van der Waals surface area contributed by atoms with Crippen molar-refractivity contribution in [2.45, 2.75) is 76.4 Å². The van der Waals surface area contributed by atoms with E-state index in [1.165, 1.54) is 44.9 Å². The first kappa shape index (κ1) is 12.5. The number of carbonyl (C=O) groups excluding carboxylic acids is 1. The molecule has 1 amide bonds. The highest BCUT2D eigenvalue weighted by Gasteiger charge is 2.39. The molecule has 2 aliphatic carbocycles. The van der Waals surface area contributed by atoms with Crippen LogP contribution in [-0.2, 0) is 4.79 Å². The summed E-state index contributed by atoms with van der Waals surface area (Å²) in [5, 5.41) is 3.51. The van der Waals surface area contributed by atoms with Crippen molar-refractivity contribution in [3.8, 4) is 0 Å². The SMILES string of the molecule is CC1CCCCCC1N1CCC(NC2CC2)C1=O. The second-order valence-electron chi connectivity index (χ2n) is 6.50. The topological polar surface area (TPSA) is 32.3 Å². The minimum Gasteiger partial charge on any atom is -0.338 e. The molecule has 0 radical (unpaired) electrons. The third kappa shape index (κ3) is 2.56. The second kappa shape index (κ2) is 5.20. The minimum absolute atomic E-state index is 0.132. The van der Waals surface area contributed by atoms with Crippen LogP contribution in [-0.4, -0.2) is 35.5 Å². The monoisotopic (exact) mass is 250 g/mol. The van der Waals surface area contributed by atoms with E-state index >= 15 is 0 Å². The van der Waals surface area contributed by atoms with E-state index in [9.17, 15) is 4.79 Å². The van der Waals surface area contributed by atoms with Crippen molar-refractivity contribution >= 4 is 5.91 Å². The third-order valence-corrected chi connectivity index (χ3v) is 4.97. The maximum Gasteiger partial charge on any atom is 0.240 e. The lowest BCUT2D eigenvalue weighted by atomic mass is 9.95. The van der Waals surface area contributed by atoms with Crippen LogP contribution in [0.3, 0.4) is 0 Å². The van der Waals surface area contributed by atoms with E-state index in [4.69, 9.17) is 0 Å². The van der Waals surface area contributed by atoms with Gasteiger partial charge in [-0.2, -0.15) is 0 Å². The fourth-order valence-electron chi connectivity index (χ4n) is 3.66. The molecule has 0 bridgehead atoms. The Bertz CT molecular complexity index is 314. The molecule has 0 aromatic carbocycles. The molecule has 1 saturated heterocycles. The van der Waals surface area contributed by atoms with Crippen LogP contribution in [0.2, 0.25) is 0 Å². The predicted octanol–water partition coefficient (Wildman–Crippen LogP) is 2.31. The average molecular weight is 250 g/mol. The zero-order valence-electron chi connectivity index (χ0n) is 11.5. The van der Waals surface area contributed by atoms with Gasteiger partial charge in [0.2, 0.25) is 5.91 Å². The Kier molecular flexibility index (Phi) is 3.60. The number of rotatable bonds is 3. The molecule has 2 saturated carbocycles. The van der Waals surface area contributed by atoms with Gasteiger partial charge in [0.1, 0.15) is 0 Å². The molecule has 3 fully saturated rings. The van der Waals surface area contributed by atoms with Gasteiger partial charge in [-0.05, 0) is 38.0 Å². The summed E-state index contributed by atoms with van der Waals surface area (Å²) in [6.07, 6.45) is 10.1. The Hall–Kier alpha value is -0.570. The smallest absolute Gasteiger partial charge is 0.240 e. The number of nitrogens with zero attached hydrogens (tertiary/aromatic N) is 1. The fourth-order valence-corrected chi connectivity index (χ4v) is 3.66. The Balaban J connectivity index is 1.62. The molecule has 1 heterocycles. The van der Waals surface area contributed by atoms with Crippen LogP contribution < -0.4 is 5.32 Å². The zero-order valence-corrected chi connectivity index (χ0v) is 11.5. The highest BCUT2D eigenvalue weighted by Crippen LogP contribution is 2.31. The van der Waals surface area contributed by atoms with Crippen molar-refractivity contribution in [2.24, 2.45) is 5.92 Å². The number of likely N-dealkylation sites (tertiary alicyclic amines) is 1. The van der Waals surface area contributed by atoms with Crippen LogP contribution in [0.15, 0.2) is 0 Å². The number of amides is 1. The molecule has 3 unspecified atom stereocenters. The predicted molar refractivity (Wildman–Crippen MR) is 72.3 cm³/mol. The number of hydrogen-bond acceptors (Lipinski definition) is 2. The van der Waals surface area contributed by atoms with Gasteiger partial charge in [-0.3, -0.25) is 4.79 Å². The Morgan fingerprint density at radius 1 is 1.06 bits per heavy atom. The van der Waals surface area contributed by atoms with Crippen LogP contribution in [0.5, 0.6) is 0 Å². The van der Waals surface area contributed by atoms with E-state index in [2.05, 4.69) is 17.1 Å². The van der Waals surface area contributed by atoms with Crippen molar-refractivity contribution in [2.75, 3.05) is 6.54 Å². The molecule has 1 aliphatic heterocycles.